The normalized spacial score (nSPS) is 13.3. The molecular formula is C19H21NO4S. The van der Waals surface area contributed by atoms with Gasteiger partial charge in [0.15, 0.2) is 9.84 Å². The molecular weight excluding hydrogens is 338 g/mol. The Labute approximate surface area is 147 Å². The molecule has 2 aromatic carbocycles. The minimum absolute atomic E-state index is 0.0867. The maximum atomic E-state index is 12.5. The van der Waals surface area contributed by atoms with Crippen LogP contribution in [0, 0.1) is 0 Å². The van der Waals surface area contributed by atoms with Crippen molar-refractivity contribution in [3.05, 3.63) is 53.6 Å². The number of carbonyl (C=O) groups excluding carboxylic acids is 1. The van der Waals surface area contributed by atoms with E-state index in [2.05, 4.69) is 5.32 Å². The second-order valence-corrected chi connectivity index (χ2v) is 8.24. The van der Waals surface area contributed by atoms with Crippen molar-refractivity contribution in [3.8, 4) is 5.75 Å². The summed E-state index contributed by atoms with van der Waals surface area (Å²) in [6.45, 7) is 0. The Morgan fingerprint density at radius 1 is 1.12 bits per heavy atom. The van der Waals surface area contributed by atoms with Gasteiger partial charge in [0, 0.05) is 18.2 Å². The van der Waals surface area contributed by atoms with Crippen molar-refractivity contribution in [2.45, 2.75) is 30.6 Å². The first kappa shape index (κ1) is 17.5. The summed E-state index contributed by atoms with van der Waals surface area (Å²) in [6.07, 6.45) is 2.92. The van der Waals surface area contributed by atoms with Crippen LogP contribution in [0.3, 0.4) is 0 Å². The molecule has 0 atom stereocenters. The van der Waals surface area contributed by atoms with Gasteiger partial charge in [0.1, 0.15) is 5.75 Å². The second-order valence-electron chi connectivity index (χ2n) is 6.13. The van der Waals surface area contributed by atoms with Gasteiger partial charge in [-0.3, -0.25) is 4.79 Å². The Bertz CT molecular complexity index is 890. The van der Waals surface area contributed by atoms with E-state index in [0.29, 0.717) is 16.3 Å². The van der Waals surface area contributed by atoms with Gasteiger partial charge >= 0.3 is 0 Å². The molecule has 3 rings (SSSR count). The summed E-state index contributed by atoms with van der Waals surface area (Å²) >= 11 is 0. The predicted octanol–water partition coefficient (Wildman–Crippen LogP) is 2.99. The van der Waals surface area contributed by atoms with E-state index in [1.54, 1.807) is 43.5 Å². The fraction of sp³-hybridized carbons (Fsp3) is 0.316. The molecule has 0 radical (unpaired) electrons. The van der Waals surface area contributed by atoms with E-state index in [4.69, 9.17) is 4.74 Å². The highest BCUT2D eigenvalue weighted by Gasteiger charge is 2.19. The highest BCUT2D eigenvalue weighted by atomic mass is 32.2. The van der Waals surface area contributed by atoms with Crippen molar-refractivity contribution in [2.75, 3.05) is 18.2 Å². The first-order valence-electron chi connectivity index (χ1n) is 8.26. The van der Waals surface area contributed by atoms with Crippen LogP contribution >= 0.6 is 0 Å². The lowest BCUT2D eigenvalue weighted by Crippen LogP contribution is -2.17. The zero-order valence-electron chi connectivity index (χ0n) is 14.1. The summed E-state index contributed by atoms with van der Waals surface area (Å²) < 4.78 is 30.1. The van der Waals surface area contributed by atoms with Gasteiger partial charge < -0.3 is 10.1 Å². The molecule has 0 aliphatic heterocycles. The van der Waals surface area contributed by atoms with Gasteiger partial charge in [0.25, 0.3) is 0 Å². The third-order valence-electron chi connectivity index (χ3n) is 4.38. The average Bonchev–Trinajstić information content (AvgIpc) is 3.08. The summed E-state index contributed by atoms with van der Waals surface area (Å²) in [4.78, 5) is 12.4. The summed E-state index contributed by atoms with van der Waals surface area (Å²) in [5, 5.41) is 2.70. The van der Waals surface area contributed by atoms with Gasteiger partial charge in [-0.1, -0.05) is 12.1 Å². The van der Waals surface area contributed by atoms with Crippen LogP contribution in [-0.4, -0.2) is 27.2 Å². The summed E-state index contributed by atoms with van der Waals surface area (Å²) in [5.41, 5.74) is 2.93. The Morgan fingerprint density at radius 2 is 1.92 bits per heavy atom. The lowest BCUT2D eigenvalue weighted by atomic mass is 10.1. The Morgan fingerprint density at radius 3 is 2.72 bits per heavy atom. The number of hydrogen-bond acceptors (Lipinski definition) is 4. The average molecular weight is 359 g/mol. The molecule has 1 aliphatic carbocycles. The molecule has 0 saturated heterocycles. The van der Waals surface area contributed by atoms with Gasteiger partial charge in [0.2, 0.25) is 5.91 Å². The van der Waals surface area contributed by atoms with Crippen LogP contribution in [0.25, 0.3) is 0 Å². The molecule has 132 valence electrons. The van der Waals surface area contributed by atoms with E-state index in [9.17, 15) is 13.2 Å². The first-order valence-corrected chi connectivity index (χ1v) is 9.91. The molecule has 1 amide bonds. The SMILES string of the molecule is COc1cccc(NC(=O)CCS(=O)(=O)c2ccc3c(c2)CCC3)c1. The smallest absolute Gasteiger partial charge is 0.225 e. The van der Waals surface area contributed by atoms with Crippen molar-refractivity contribution in [2.24, 2.45) is 0 Å². The van der Waals surface area contributed by atoms with Crippen LogP contribution in [0.4, 0.5) is 5.69 Å². The first-order chi connectivity index (χ1) is 12.0. The predicted molar refractivity (Wildman–Crippen MR) is 96.8 cm³/mol. The van der Waals surface area contributed by atoms with E-state index in [1.165, 1.54) is 5.56 Å². The lowest BCUT2D eigenvalue weighted by molar-refractivity contribution is -0.115. The fourth-order valence-electron chi connectivity index (χ4n) is 3.01. The Balaban J connectivity index is 1.62. The zero-order chi connectivity index (χ0) is 17.9. The highest BCUT2D eigenvalue weighted by molar-refractivity contribution is 7.91. The lowest BCUT2D eigenvalue weighted by Gasteiger charge is -2.09. The van der Waals surface area contributed by atoms with Gasteiger partial charge in [-0.05, 0) is 54.7 Å². The third kappa shape index (κ3) is 4.20. The van der Waals surface area contributed by atoms with E-state index >= 15 is 0 Å². The fourth-order valence-corrected chi connectivity index (χ4v) is 4.30. The minimum Gasteiger partial charge on any atom is -0.497 e. The van der Waals surface area contributed by atoms with E-state index in [-0.39, 0.29) is 18.1 Å². The molecule has 0 unspecified atom stereocenters. The van der Waals surface area contributed by atoms with Crippen LogP contribution in [0.5, 0.6) is 5.75 Å². The van der Waals surface area contributed by atoms with Gasteiger partial charge in [-0.25, -0.2) is 8.42 Å². The third-order valence-corrected chi connectivity index (χ3v) is 6.09. The summed E-state index contributed by atoms with van der Waals surface area (Å²) in [7, 11) is -1.92. The molecule has 0 bridgehead atoms. The molecule has 1 N–H and O–H groups in total. The molecule has 0 aromatic heterocycles. The quantitative estimate of drug-likeness (QED) is 0.861. The highest BCUT2D eigenvalue weighted by Crippen LogP contribution is 2.25. The number of sulfone groups is 1. The maximum absolute atomic E-state index is 12.5. The van der Waals surface area contributed by atoms with Crippen LogP contribution < -0.4 is 10.1 Å². The molecule has 1 aliphatic rings. The molecule has 25 heavy (non-hydrogen) atoms. The molecule has 0 heterocycles. The van der Waals surface area contributed by atoms with Crippen LogP contribution in [0.2, 0.25) is 0 Å². The summed E-state index contributed by atoms with van der Waals surface area (Å²) in [6, 6.07) is 12.3. The van der Waals surface area contributed by atoms with Crippen molar-refractivity contribution in [1.29, 1.82) is 0 Å². The Hall–Kier alpha value is -2.34. The topological polar surface area (TPSA) is 72.5 Å². The van der Waals surface area contributed by atoms with E-state index in [1.807, 2.05) is 6.07 Å². The van der Waals surface area contributed by atoms with Gasteiger partial charge in [0.05, 0.1) is 17.8 Å². The van der Waals surface area contributed by atoms with Crippen molar-refractivity contribution in [3.63, 3.8) is 0 Å². The molecule has 0 spiro atoms. The number of benzene rings is 2. The molecule has 0 saturated carbocycles. The summed E-state index contributed by atoms with van der Waals surface area (Å²) in [5.74, 6) is 0.0863. The minimum atomic E-state index is -3.47. The number of methoxy groups -OCH3 is 1. The van der Waals surface area contributed by atoms with E-state index in [0.717, 1.165) is 24.8 Å². The number of amides is 1. The largest absolute Gasteiger partial charge is 0.497 e. The van der Waals surface area contributed by atoms with Gasteiger partial charge in [-0.2, -0.15) is 0 Å². The number of nitrogens with one attached hydrogen (secondary N) is 1. The number of fused-ring (bicyclic) bond motifs is 1. The standard InChI is InChI=1S/C19H21NO4S/c1-24-17-7-3-6-16(13-17)20-19(21)10-11-25(22,23)18-9-8-14-4-2-5-15(14)12-18/h3,6-9,12-13H,2,4-5,10-11H2,1H3,(H,20,21). The molecule has 2 aromatic rings. The Kier molecular flexibility index (Phi) is 5.08. The molecule has 6 heteroatoms. The monoisotopic (exact) mass is 359 g/mol. The number of rotatable bonds is 6. The van der Waals surface area contributed by atoms with Crippen LogP contribution in [-0.2, 0) is 27.5 Å². The van der Waals surface area contributed by atoms with Gasteiger partial charge in [-0.15, -0.1) is 0 Å². The van der Waals surface area contributed by atoms with Crippen molar-refractivity contribution < 1.29 is 17.9 Å². The van der Waals surface area contributed by atoms with Crippen LogP contribution in [0.1, 0.15) is 24.0 Å². The molecule has 0 fully saturated rings. The van der Waals surface area contributed by atoms with Crippen LogP contribution in [0.15, 0.2) is 47.4 Å². The van der Waals surface area contributed by atoms with E-state index < -0.39 is 9.84 Å². The number of anilines is 1. The second kappa shape index (κ2) is 7.27. The zero-order valence-corrected chi connectivity index (χ0v) is 14.9. The number of hydrogen-bond donors (Lipinski definition) is 1. The number of carbonyl (C=O) groups is 1. The van der Waals surface area contributed by atoms with Crippen molar-refractivity contribution in [1.82, 2.24) is 0 Å². The van der Waals surface area contributed by atoms with Crippen molar-refractivity contribution >= 4 is 21.4 Å². The number of aryl methyl sites for hydroxylation is 2. The number of ether oxygens (including phenoxy) is 1. The maximum Gasteiger partial charge on any atom is 0.225 e. The molecule has 5 nitrogen and oxygen atoms in total.